The zero-order valence-electron chi connectivity index (χ0n) is 8.48. The van der Waals surface area contributed by atoms with Crippen LogP contribution >= 0.6 is 0 Å². The van der Waals surface area contributed by atoms with Gasteiger partial charge in [0.1, 0.15) is 11.9 Å². The van der Waals surface area contributed by atoms with E-state index < -0.39 is 0 Å². The third-order valence-corrected chi connectivity index (χ3v) is 2.90. The standard InChI is InChI=1S/C12H18O2/c13-11-8-4-5-9-12(11)14-10-6-2-1-3-7-10/h2,6,8,10,12-13H,1,3-5,7,9H2. The zero-order valence-corrected chi connectivity index (χ0v) is 8.48. The number of hydrogen-bond acceptors (Lipinski definition) is 2. The van der Waals surface area contributed by atoms with Crippen molar-refractivity contribution < 1.29 is 9.84 Å². The van der Waals surface area contributed by atoms with E-state index in [0.717, 1.165) is 25.7 Å². The molecule has 2 unspecified atom stereocenters. The summed E-state index contributed by atoms with van der Waals surface area (Å²) in [5.41, 5.74) is 0. The van der Waals surface area contributed by atoms with Crippen LogP contribution < -0.4 is 0 Å². The van der Waals surface area contributed by atoms with Crippen LogP contribution in [-0.4, -0.2) is 17.3 Å². The zero-order chi connectivity index (χ0) is 9.80. The Hall–Kier alpha value is -0.760. The highest BCUT2D eigenvalue weighted by Crippen LogP contribution is 2.23. The summed E-state index contributed by atoms with van der Waals surface area (Å²) in [6.45, 7) is 0. The molecule has 0 aromatic heterocycles. The summed E-state index contributed by atoms with van der Waals surface area (Å²) in [4.78, 5) is 0. The van der Waals surface area contributed by atoms with Crippen LogP contribution in [0.15, 0.2) is 24.0 Å². The normalized spacial score (nSPS) is 32.7. The molecule has 0 aromatic carbocycles. The van der Waals surface area contributed by atoms with Crippen molar-refractivity contribution in [2.24, 2.45) is 0 Å². The van der Waals surface area contributed by atoms with Crippen molar-refractivity contribution >= 4 is 0 Å². The second kappa shape index (κ2) is 4.65. The average Bonchev–Trinajstić information content (AvgIpc) is 2.23. The monoisotopic (exact) mass is 194 g/mol. The third-order valence-electron chi connectivity index (χ3n) is 2.90. The third kappa shape index (κ3) is 2.38. The fraction of sp³-hybridized carbons (Fsp3) is 0.667. The highest BCUT2D eigenvalue weighted by Gasteiger charge is 2.21. The van der Waals surface area contributed by atoms with Gasteiger partial charge in [0.2, 0.25) is 0 Å². The van der Waals surface area contributed by atoms with Gasteiger partial charge in [0, 0.05) is 0 Å². The Morgan fingerprint density at radius 3 is 2.79 bits per heavy atom. The predicted molar refractivity (Wildman–Crippen MR) is 56.2 cm³/mol. The van der Waals surface area contributed by atoms with Gasteiger partial charge in [-0.3, -0.25) is 0 Å². The molecule has 1 N–H and O–H groups in total. The Labute approximate surface area is 85.3 Å². The summed E-state index contributed by atoms with van der Waals surface area (Å²) in [5.74, 6) is 0.440. The second-order valence-corrected chi connectivity index (χ2v) is 4.08. The first kappa shape index (κ1) is 9.78. The van der Waals surface area contributed by atoms with Crippen LogP contribution in [0.3, 0.4) is 0 Å². The lowest BCUT2D eigenvalue weighted by Gasteiger charge is -2.26. The summed E-state index contributed by atoms with van der Waals surface area (Å²) >= 11 is 0. The lowest BCUT2D eigenvalue weighted by Crippen LogP contribution is -2.25. The molecular formula is C12H18O2. The number of ether oxygens (including phenoxy) is 1. The first-order chi connectivity index (χ1) is 6.86. The Morgan fingerprint density at radius 2 is 2.07 bits per heavy atom. The van der Waals surface area contributed by atoms with Crippen LogP contribution in [0.5, 0.6) is 0 Å². The van der Waals surface area contributed by atoms with Gasteiger partial charge in [-0.25, -0.2) is 0 Å². The van der Waals surface area contributed by atoms with Crippen molar-refractivity contribution in [1.82, 2.24) is 0 Å². The van der Waals surface area contributed by atoms with E-state index in [1.807, 2.05) is 6.08 Å². The van der Waals surface area contributed by atoms with E-state index >= 15 is 0 Å². The maximum atomic E-state index is 9.61. The van der Waals surface area contributed by atoms with Crippen LogP contribution in [-0.2, 0) is 4.74 Å². The van der Waals surface area contributed by atoms with Crippen molar-refractivity contribution in [3.05, 3.63) is 24.0 Å². The predicted octanol–water partition coefficient (Wildman–Crippen LogP) is 3.11. The molecular weight excluding hydrogens is 176 g/mol. The maximum Gasteiger partial charge on any atom is 0.117 e. The van der Waals surface area contributed by atoms with E-state index in [1.165, 1.54) is 12.8 Å². The van der Waals surface area contributed by atoms with Gasteiger partial charge in [0.25, 0.3) is 0 Å². The van der Waals surface area contributed by atoms with Crippen molar-refractivity contribution in [3.63, 3.8) is 0 Å². The molecule has 78 valence electrons. The van der Waals surface area contributed by atoms with Crippen LogP contribution in [0.25, 0.3) is 0 Å². The van der Waals surface area contributed by atoms with E-state index in [4.69, 9.17) is 4.74 Å². The summed E-state index contributed by atoms with van der Waals surface area (Å²) in [5, 5.41) is 9.61. The Bertz CT molecular complexity index is 243. The molecule has 0 saturated carbocycles. The molecule has 0 aromatic rings. The first-order valence-corrected chi connectivity index (χ1v) is 5.57. The molecule has 0 aliphatic heterocycles. The van der Waals surface area contributed by atoms with Crippen molar-refractivity contribution in [2.75, 3.05) is 0 Å². The molecule has 2 aliphatic rings. The van der Waals surface area contributed by atoms with Crippen LogP contribution in [0, 0.1) is 0 Å². The Morgan fingerprint density at radius 1 is 1.21 bits per heavy atom. The maximum absolute atomic E-state index is 9.61. The molecule has 2 rings (SSSR count). The minimum atomic E-state index is -0.0449. The molecule has 2 aliphatic carbocycles. The summed E-state index contributed by atoms with van der Waals surface area (Å²) < 4.78 is 5.84. The highest BCUT2D eigenvalue weighted by molar-refractivity contribution is 5.04. The Balaban J connectivity index is 1.89. The van der Waals surface area contributed by atoms with Crippen molar-refractivity contribution in [1.29, 1.82) is 0 Å². The first-order valence-electron chi connectivity index (χ1n) is 5.57. The molecule has 14 heavy (non-hydrogen) atoms. The van der Waals surface area contributed by atoms with E-state index in [2.05, 4.69) is 12.2 Å². The minimum absolute atomic E-state index is 0.0449. The highest BCUT2D eigenvalue weighted by atomic mass is 16.5. The molecule has 2 nitrogen and oxygen atoms in total. The van der Waals surface area contributed by atoms with Gasteiger partial charge in [-0.2, -0.15) is 0 Å². The fourth-order valence-corrected chi connectivity index (χ4v) is 2.08. The van der Waals surface area contributed by atoms with Gasteiger partial charge in [0.05, 0.1) is 6.10 Å². The molecule has 0 radical (unpaired) electrons. The largest absolute Gasteiger partial charge is 0.510 e. The number of aliphatic hydroxyl groups excluding tert-OH is 1. The molecule has 0 spiro atoms. The quantitative estimate of drug-likeness (QED) is 0.684. The summed E-state index contributed by atoms with van der Waals surface area (Å²) in [7, 11) is 0. The van der Waals surface area contributed by atoms with Gasteiger partial charge in [0.15, 0.2) is 0 Å². The molecule has 0 amide bonds. The lowest BCUT2D eigenvalue weighted by atomic mass is 10.0. The van der Waals surface area contributed by atoms with Gasteiger partial charge in [-0.15, -0.1) is 0 Å². The smallest absolute Gasteiger partial charge is 0.117 e. The summed E-state index contributed by atoms with van der Waals surface area (Å²) in [6, 6.07) is 0. The molecule has 0 saturated heterocycles. The van der Waals surface area contributed by atoms with Gasteiger partial charge in [-0.1, -0.05) is 12.2 Å². The number of rotatable bonds is 2. The molecule has 0 fully saturated rings. The molecule has 0 heterocycles. The van der Waals surface area contributed by atoms with Crippen LogP contribution in [0.4, 0.5) is 0 Å². The van der Waals surface area contributed by atoms with Crippen LogP contribution in [0.1, 0.15) is 38.5 Å². The lowest BCUT2D eigenvalue weighted by molar-refractivity contribution is -0.00305. The van der Waals surface area contributed by atoms with Gasteiger partial charge in [-0.05, 0) is 44.6 Å². The van der Waals surface area contributed by atoms with Gasteiger partial charge < -0.3 is 9.84 Å². The number of aliphatic hydroxyl groups is 1. The average molecular weight is 194 g/mol. The van der Waals surface area contributed by atoms with E-state index in [9.17, 15) is 5.11 Å². The van der Waals surface area contributed by atoms with Crippen molar-refractivity contribution in [2.45, 2.75) is 50.7 Å². The minimum Gasteiger partial charge on any atom is -0.510 e. The van der Waals surface area contributed by atoms with E-state index in [-0.39, 0.29) is 12.2 Å². The van der Waals surface area contributed by atoms with Crippen molar-refractivity contribution in [3.8, 4) is 0 Å². The van der Waals surface area contributed by atoms with Crippen LogP contribution in [0.2, 0.25) is 0 Å². The number of allylic oxidation sites excluding steroid dienone is 2. The fourth-order valence-electron chi connectivity index (χ4n) is 2.08. The van der Waals surface area contributed by atoms with E-state index in [1.54, 1.807) is 0 Å². The topological polar surface area (TPSA) is 29.5 Å². The molecule has 2 atom stereocenters. The van der Waals surface area contributed by atoms with E-state index in [0.29, 0.717) is 5.76 Å². The second-order valence-electron chi connectivity index (χ2n) is 4.08. The molecule has 0 bridgehead atoms. The SMILES string of the molecule is OC1=CCCCC1OC1C=CCCC1. The van der Waals surface area contributed by atoms with Gasteiger partial charge >= 0.3 is 0 Å². The molecule has 2 heteroatoms. The number of hydrogen-bond donors (Lipinski definition) is 1. The Kier molecular flexibility index (Phi) is 3.25. The summed E-state index contributed by atoms with van der Waals surface area (Å²) in [6.07, 6.45) is 12.9.